The van der Waals surface area contributed by atoms with E-state index >= 15 is 0 Å². The maximum atomic E-state index is 14.3. The summed E-state index contributed by atoms with van der Waals surface area (Å²) in [6.45, 7) is 0. The Bertz CT molecular complexity index is 1450. The quantitative estimate of drug-likeness (QED) is 0.243. The van der Waals surface area contributed by atoms with E-state index in [4.69, 9.17) is 4.74 Å². The number of anilines is 1. The Balaban J connectivity index is 1.72. The van der Waals surface area contributed by atoms with Gasteiger partial charge in [0.05, 0.1) is 17.4 Å². The van der Waals surface area contributed by atoms with E-state index in [-0.39, 0.29) is 26.7 Å². The second-order valence-electron chi connectivity index (χ2n) is 7.15. The van der Waals surface area contributed by atoms with Crippen molar-refractivity contribution >= 4 is 55.5 Å². The van der Waals surface area contributed by atoms with Crippen molar-refractivity contribution < 1.29 is 28.2 Å². The number of hydrogen-bond donors (Lipinski definition) is 1. The minimum atomic E-state index is -0.982. The second-order valence-corrected chi connectivity index (χ2v) is 9.14. The van der Waals surface area contributed by atoms with E-state index in [1.54, 1.807) is 41.8 Å². The standard InChI is InChI=1S/C23H14F2N2O4S2/c1-31-13-5-2-4-11(8-13)20(28)17-19(15-6-3-7-32-15)27(22(30)21(17)29)23-26-18-14(25)9-12(24)10-16(18)33-23/h2-10,19,28H,1H3/b20-17+. The molecular formula is C23H14F2N2O4S2. The highest BCUT2D eigenvalue weighted by molar-refractivity contribution is 7.22. The molecule has 1 fully saturated rings. The van der Waals surface area contributed by atoms with Gasteiger partial charge in [-0.1, -0.05) is 29.5 Å². The largest absolute Gasteiger partial charge is 0.507 e. The summed E-state index contributed by atoms with van der Waals surface area (Å²) in [5.74, 6) is -3.37. The first-order chi connectivity index (χ1) is 15.9. The van der Waals surface area contributed by atoms with E-state index in [2.05, 4.69) is 4.98 Å². The molecule has 1 N–H and O–H groups in total. The van der Waals surface area contributed by atoms with Crippen molar-refractivity contribution in [3.8, 4) is 5.75 Å². The SMILES string of the molecule is COc1cccc(/C(O)=C2\C(=O)C(=O)N(c3nc4c(F)cc(F)cc4s3)C2c2cccs2)c1. The summed E-state index contributed by atoms with van der Waals surface area (Å²) in [4.78, 5) is 32.1. The molecule has 1 amide bonds. The molecule has 33 heavy (non-hydrogen) atoms. The third-order valence-electron chi connectivity index (χ3n) is 5.21. The summed E-state index contributed by atoms with van der Waals surface area (Å²) in [7, 11) is 1.47. The van der Waals surface area contributed by atoms with Crippen LogP contribution in [0.15, 0.2) is 59.5 Å². The number of hydrogen-bond acceptors (Lipinski definition) is 7. The highest BCUT2D eigenvalue weighted by Crippen LogP contribution is 2.45. The molecule has 1 atom stereocenters. The Morgan fingerprint density at radius 2 is 1.97 bits per heavy atom. The molecule has 0 spiro atoms. The van der Waals surface area contributed by atoms with Crippen LogP contribution in [0.3, 0.4) is 0 Å². The number of aliphatic hydroxyl groups excluding tert-OH is 1. The fourth-order valence-corrected chi connectivity index (χ4v) is 5.58. The molecule has 0 radical (unpaired) electrons. The zero-order valence-corrected chi connectivity index (χ0v) is 18.5. The monoisotopic (exact) mass is 484 g/mol. The number of nitrogens with zero attached hydrogens (tertiary/aromatic N) is 2. The number of carbonyl (C=O) groups excluding carboxylic acids is 2. The number of carbonyl (C=O) groups is 2. The van der Waals surface area contributed by atoms with Crippen LogP contribution in [0.1, 0.15) is 16.5 Å². The fourth-order valence-electron chi connectivity index (χ4n) is 3.72. The molecule has 2 aromatic carbocycles. The van der Waals surface area contributed by atoms with Gasteiger partial charge in [0.2, 0.25) is 0 Å². The first-order valence-corrected chi connectivity index (χ1v) is 11.3. The molecule has 1 aliphatic heterocycles. The van der Waals surface area contributed by atoms with Gasteiger partial charge in [-0.3, -0.25) is 14.5 Å². The lowest BCUT2D eigenvalue weighted by molar-refractivity contribution is -0.132. The average molecular weight is 485 g/mol. The van der Waals surface area contributed by atoms with Crippen molar-refractivity contribution in [2.45, 2.75) is 6.04 Å². The average Bonchev–Trinajstić information content (AvgIpc) is 3.52. The van der Waals surface area contributed by atoms with Crippen LogP contribution in [0.25, 0.3) is 16.0 Å². The first-order valence-electron chi connectivity index (χ1n) is 9.63. The lowest BCUT2D eigenvalue weighted by Gasteiger charge is -2.21. The van der Waals surface area contributed by atoms with Crippen molar-refractivity contribution in [1.29, 1.82) is 0 Å². The van der Waals surface area contributed by atoms with Gasteiger partial charge in [-0.05, 0) is 29.6 Å². The number of amides is 1. The van der Waals surface area contributed by atoms with E-state index in [9.17, 15) is 23.5 Å². The number of ketones is 1. The van der Waals surface area contributed by atoms with Gasteiger partial charge < -0.3 is 9.84 Å². The van der Waals surface area contributed by atoms with E-state index in [0.29, 0.717) is 22.3 Å². The highest BCUT2D eigenvalue weighted by Gasteiger charge is 2.48. The Labute approximate surface area is 194 Å². The molecule has 3 heterocycles. The topological polar surface area (TPSA) is 79.7 Å². The van der Waals surface area contributed by atoms with Crippen LogP contribution < -0.4 is 9.64 Å². The molecule has 1 aliphatic rings. The Morgan fingerprint density at radius 3 is 2.70 bits per heavy atom. The lowest BCUT2D eigenvalue weighted by atomic mass is 10.00. The number of benzene rings is 2. The molecule has 0 bridgehead atoms. The van der Waals surface area contributed by atoms with Crippen LogP contribution in [0.5, 0.6) is 5.75 Å². The molecule has 4 aromatic rings. The van der Waals surface area contributed by atoms with Gasteiger partial charge >= 0.3 is 5.91 Å². The van der Waals surface area contributed by atoms with E-state index < -0.39 is 29.4 Å². The molecule has 5 rings (SSSR count). The Hall–Kier alpha value is -3.63. The summed E-state index contributed by atoms with van der Waals surface area (Å²) in [5.41, 5.74) is 0.0731. The third-order valence-corrected chi connectivity index (χ3v) is 7.13. The van der Waals surface area contributed by atoms with Gasteiger partial charge in [-0.2, -0.15) is 0 Å². The molecule has 2 aromatic heterocycles. The summed E-state index contributed by atoms with van der Waals surface area (Å²) in [5, 5.41) is 12.9. The van der Waals surface area contributed by atoms with Gasteiger partial charge in [0.15, 0.2) is 10.9 Å². The summed E-state index contributed by atoms with van der Waals surface area (Å²) in [6.07, 6.45) is 0. The third kappa shape index (κ3) is 3.47. The number of halogens is 2. The van der Waals surface area contributed by atoms with Crippen molar-refractivity contribution in [2.75, 3.05) is 12.0 Å². The van der Waals surface area contributed by atoms with E-state index in [1.165, 1.54) is 18.4 Å². The fraction of sp³-hybridized carbons (Fsp3) is 0.0870. The second kappa shape index (κ2) is 8.05. The Morgan fingerprint density at radius 1 is 1.15 bits per heavy atom. The number of fused-ring (bicyclic) bond motifs is 1. The number of methoxy groups -OCH3 is 1. The highest BCUT2D eigenvalue weighted by atomic mass is 32.1. The van der Waals surface area contributed by atoms with Gasteiger partial charge in [-0.15, -0.1) is 11.3 Å². The minimum absolute atomic E-state index is 0.0275. The summed E-state index contributed by atoms with van der Waals surface area (Å²) < 4.78 is 33.3. The molecule has 0 saturated carbocycles. The molecule has 0 aliphatic carbocycles. The van der Waals surface area contributed by atoms with Gasteiger partial charge in [-0.25, -0.2) is 13.8 Å². The number of ether oxygens (including phenoxy) is 1. The first kappa shape index (κ1) is 21.2. The van der Waals surface area contributed by atoms with Crippen LogP contribution in [0, 0.1) is 11.6 Å². The maximum Gasteiger partial charge on any atom is 0.301 e. The van der Waals surface area contributed by atoms with Crippen LogP contribution in [-0.4, -0.2) is 28.9 Å². The number of aromatic nitrogens is 1. The summed E-state index contributed by atoms with van der Waals surface area (Å²) >= 11 is 2.17. The molecule has 1 saturated heterocycles. The van der Waals surface area contributed by atoms with Gasteiger partial charge in [0.25, 0.3) is 5.78 Å². The number of thiophene rings is 1. The number of aliphatic hydroxyl groups is 1. The molecule has 6 nitrogen and oxygen atoms in total. The molecule has 166 valence electrons. The van der Waals surface area contributed by atoms with Crippen molar-refractivity contribution in [1.82, 2.24) is 4.98 Å². The molecule has 10 heteroatoms. The maximum absolute atomic E-state index is 14.3. The van der Waals surface area contributed by atoms with Gasteiger partial charge in [0, 0.05) is 16.5 Å². The van der Waals surface area contributed by atoms with Crippen molar-refractivity contribution in [3.63, 3.8) is 0 Å². The van der Waals surface area contributed by atoms with E-state index in [0.717, 1.165) is 22.3 Å². The summed E-state index contributed by atoms with van der Waals surface area (Å²) in [6, 6.07) is 10.8. The minimum Gasteiger partial charge on any atom is -0.507 e. The Kier molecular flexibility index (Phi) is 5.18. The van der Waals surface area contributed by atoms with Crippen LogP contribution >= 0.6 is 22.7 Å². The predicted molar refractivity (Wildman–Crippen MR) is 122 cm³/mol. The van der Waals surface area contributed by atoms with E-state index in [1.807, 2.05) is 0 Å². The zero-order chi connectivity index (χ0) is 23.3. The molecular weight excluding hydrogens is 470 g/mol. The molecule has 1 unspecified atom stereocenters. The number of rotatable bonds is 4. The van der Waals surface area contributed by atoms with Gasteiger partial charge in [0.1, 0.15) is 28.9 Å². The van der Waals surface area contributed by atoms with Crippen LogP contribution in [0.2, 0.25) is 0 Å². The normalized spacial score (nSPS) is 17.8. The number of Topliss-reactive ketones (excluding diaryl/α,β-unsaturated/α-hetero) is 1. The predicted octanol–water partition coefficient (Wildman–Crippen LogP) is 5.27. The zero-order valence-electron chi connectivity index (χ0n) is 16.9. The van der Waals surface area contributed by atoms with Crippen molar-refractivity contribution in [2.24, 2.45) is 0 Å². The lowest BCUT2D eigenvalue weighted by Crippen LogP contribution is -2.28. The van der Waals surface area contributed by atoms with Crippen molar-refractivity contribution in [3.05, 3.63) is 81.6 Å². The van der Waals surface area contributed by atoms with Crippen LogP contribution in [0.4, 0.5) is 13.9 Å². The smallest absolute Gasteiger partial charge is 0.301 e. The van der Waals surface area contributed by atoms with Crippen LogP contribution in [-0.2, 0) is 9.59 Å². The number of thiazole rings is 1.